The maximum atomic E-state index is 13.0. The van der Waals surface area contributed by atoms with Gasteiger partial charge < -0.3 is 0 Å². The van der Waals surface area contributed by atoms with Crippen LogP contribution in [0.1, 0.15) is 17.5 Å². The van der Waals surface area contributed by atoms with Crippen LogP contribution >= 0.6 is 15.9 Å². The van der Waals surface area contributed by atoms with Gasteiger partial charge in [-0.05, 0) is 36.1 Å². The summed E-state index contributed by atoms with van der Waals surface area (Å²) in [6, 6.07) is 6.10. The summed E-state index contributed by atoms with van der Waals surface area (Å²) in [5.41, 5.74) is 2.48. The van der Waals surface area contributed by atoms with E-state index in [1.165, 1.54) is 11.1 Å². The molecule has 0 bridgehead atoms. The van der Waals surface area contributed by atoms with Crippen LogP contribution in [0.2, 0.25) is 0 Å². The van der Waals surface area contributed by atoms with Crippen molar-refractivity contribution in [3.63, 3.8) is 0 Å². The Hall–Kier alpha value is -0.370. The molecule has 0 spiro atoms. The van der Waals surface area contributed by atoms with Gasteiger partial charge >= 0.3 is 0 Å². The van der Waals surface area contributed by atoms with Crippen LogP contribution in [-0.2, 0) is 12.8 Å². The van der Waals surface area contributed by atoms with Crippen LogP contribution in [0, 0.1) is 0 Å². The Bertz CT molecular complexity index is 296. The van der Waals surface area contributed by atoms with E-state index < -0.39 is 6.17 Å². The van der Waals surface area contributed by atoms with Gasteiger partial charge in [0.05, 0.1) is 0 Å². The summed E-state index contributed by atoms with van der Waals surface area (Å²) in [7, 11) is 0. The SMILES string of the molecule is FC1CCc2cc(Br)ccc2C1. The Labute approximate surface area is 79.9 Å². The van der Waals surface area contributed by atoms with Gasteiger partial charge in [-0.1, -0.05) is 22.0 Å². The standard InChI is InChI=1S/C10H10BrF/c11-9-3-1-8-6-10(12)4-2-7(8)5-9/h1,3,5,10H,2,4,6H2. The lowest BCUT2D eigenvalue weighted by Gasteiger charge is -2.18. The van der Waals surface area contributed by atoms with Gasteiger partial charge in [0.25, 0.3) is 0 Å². The van der Waals surface area contributed by atoms with Crippen LogP contribution in [0.25, 0.3) is 0 Å². The number of hydrogen-bond acceptors (Lipinski definition) is 0. The van der Waals surface area contributed by atoms with E-state index in [-0.39, 0.29) is 0 Å². The van der Waals surface area contributed by atoms with Crippen molar-refractivity contribution in [2.75, 3.05) is 0 Å². The van der Waals surface area contributed by atoms with E-state index in [1.54, 1.807) is 0 Å². The Morgan fingerprint density at radius 2 is 2.17 bits per heavy atom. The third-order valence-electron chi connectivity index (χ3n) is 2.34. The highest BCUT2D eigenvalue weighted by Crippen LogP contribution is 2.25. The molecule has 1 aromatic carbocycles. The largest absolute Gasteiger partial charge is 0.247 e. The summed E-state index contributed by atoms with van der Waals surface area (Å²) >= 11 is 3.41. The fourth-order valence-corrected chi connectivity index (χ4v) is 2.09. The molecule has 0 radical (unpaired) electrons. The minimum atomic E-state index is -0.626. The van der Waals surface area contributed by atoms with Crippen LogP contribution in [0.5, 0.6) is 0 Å². The summed E-state index contributed by atoms with van der Waals surface area (Å²) < 4.78 is 14.0. The molecule has 0 aromatic heterocycles. The second-order valence-corrected chi connectivity index (χ2v) is 4.17. The van der Waals surface area contributed by atoms with Gasteiger partial charge in [-0.25, -0.2) is 4.39 Å². The molecule has 0 aliphatic heterocycles. The van der Waals surface area contributed by atoms with Gasteiger partial charge in [0.2, 0.25) is 0 Å². The Morgan fingerprint density at radius 3 is 3.00 bits per heavy atom. The Morgan fingerprint density at radius 1 is 1.33 bits per heavy atom. The molecular weight excluding hydrogens is 219 g/mol. The summed E-state index contributed by atoms with van der Waals surface area (Å²) in [5.74, 6) is 0. The zero-order valence-electron chi connectivity index (χ0n) is 6.69. The highest BCUT2D eigenvalue weighted by Gasteiger charge is 2.17. The van der Waals surface area contributed by atoms with Crippen molar-refractivity contribution in [2.45, 2.75) is 25.4 Å². The molecule has 0 saturated heterocycles. The zero-order valence-corrected chi connectivity index (χ0v) is 8.27. The van der Waals surface area contributed by atoms with Gasteiger partial charge in [-0.15, -0.1) is 0 Å². The van der Waals surface area contributed by atoms with E-state index in [2.05, 4.69) is 22.0 Å². The molecule has 1 atom stereocenters. The summed E-state index contributed by atoms with van der Waals surface area (Å²) in [6.45, 7) is 0. The van der Waals surface area contributed by atoms with Gasteiger partial charge in [0.1, 0.15) is 6.17 Å². The molecule has 1 aliphatic rings. The van der Waals surface area contributed by atoms with Crippen molar-refractivity contribution in [3.8, 4) is 0 Å². The van der Waals surface area contributed by atoms with E-state index in [0.717, 1.165) is 10.9 Å². The third kappa shape index (κ3) is 1.53. The van der Waals surface area contributed by atoms with Crippen molar-refractivity contribution in [2.24, 2.45) is 0 Å². The molecule has 2 heteroatoms. The van der Waals surface area contributed by atoms with Crippen molar-refractivity contribution >= 4 is 15.9 Å². The van der Waals surface area contributed by atoms with Crippen LogP contribution in [0.15, 0.2) is 22.7 Å². The predicted octanol–water partition coefficient (Wildman–Crippen LogP) is 3.28. The second-order valence-electron chi connectivity index (χ2n) is 3.25. The van der Waals surface area contributed by atoms with Gasteiger partial charge in [-0.2, -0.15) is 0 Å². The van der Waals surface area contributed by atoms with E-state index in [0.29, 0.717) is 12.8 Å². The number of fused-ring (bicyclic) bond motifs is 1. The van der Waals surface area contributed by atoms with Crippen molar-refractivity contribution in [3.05, 3.63) is 33.8 Å². The van der Waals surface area contributed by atoms with E-state index in [9.17, 15) is 4.39 Å². The summed E-state index contributed by atoms with van der Waals surface area (Å²) in [5, 5.41) is 0. The number of benzene rings is 1. The first-order valence-corrected chi connectivity index (χ1v) is 4.96. The maximum Gasteiger partial charge on any atom is 0.104 e. The first-order valence-electron chi connectivity index (χ1n) is 4.17. The Kier molecular flexibility index (Phi) is 2.18. The van der Waals surface area contributed by atoms with Gasteiger partial charge in [0, 0.05) is 10.9 Å². The van der Waals surface area contributed by atoms with E-state index >= 15 is 0 Å². The molecule has 64 valence electrons. The molecule has 0 amide bonds. The van der Waals surface area contributed by atoms with Crippen LogP contribution in [0.3, 0.4) is 0 Å². The number of aryl methyl sites for hydroxylation is 1. The second kappa shape index (κ2) is 3.17. The fourth-order valence-electron chi connectivity index (χ4n) is 1.68. The van der Waals surface area contributed by atoms with Gasteiger partial charge in [0.15, 0.2) is 0 Å². The normalized spacial score (nSPS) is 22.0. The molecule has 0 saturated carbocycles. The molecule has 2 rings (SSSR count). The zero-order chi connectivity index (χ0) is 8.55. The lowest BCUT2D eigenvalue weighted by atomic mass is 9.91. The Balaban J connectivity index is 2.37. The van der Waals surface area contributed by atoms with Crippen molar-refractivity contribution in [1.29, 1.82) is 0 Å². The molecule has 0 fully saturated rings. The average Bonchev–Trinajstić information content (AvgIpc) is 2.05. The first-order chi connectivity index (χ1) is 5.75. The lowest BCUT2D eigenvalue weighted by molar-refractivity contribution is 0.301. The third-order valence-corrected chi connectivity index (χ3v) is 2.83. The first kappa shape index (κ1) is 8.24. The smallest absolute Gasteiger partial charge is 0.104 e. The van der Waals surface area contributed by atoms with Crippen LogP contribution in [0.4, 0.5) is 4.39 Å². The number of rotatable bonds is 0. The fraction of sp³-hybridized carbons (Fsp3) is 0.400. The number of halogens is 2. The predicted molar refractivity (Wildman–Crippen MR) is 51.1 cm³/mol. The monoisotopic (exact) mass is 228 g/mol. The number of alkyl halides is 1. The summed E-state index contributed by atoms with van der Waals surface area (Å²) in [4.78, 5) is 0. The number of hydrogen-bond donors (Lipinski definition) is 0. The minimum Gasteiger partial charge on any atom is -0.247 e. The summed E-state index contributed by atoms with van der Waals surface area (Å²) in [6.07, 6.45) is 1.54. The van der Waals surface area contributed by atoms with Crippen LogP contribution in [-0.4, -0.2) is 6.17 Å². The van der Waals surface area contributed by atoms with Crippen molar-refractivity contribution in [1.82, 2.24) is 0 Å². The molecule has 0 heterocycles. The van der Waals surface area contributed by atoms with Crippen molar-refractivity contribution < 1.29 is 4.39 Å². The highest BCUT2D eigenvalue weighted by molar-refractivity contribution is 9.10. The quantitative estimate of drug-likeness (QED) is 0.640. The average molecular weight is 229 g/mol. The molecular formula is C10H10BrF. The molecule has 1 aromatic rings. The van der Waals surface area contributed by atoms with E-state index in [4.69, 9.17) is 0 Å². The van der Waals surface area contributed by atoms with E-state index in [1.807, 2.05) is 12.1 Å². The lowest BCUT2D eigenvalue weighted by Crippen LogP contribution is -2.14. The van der Waals surface area contributed by atoms with Crippen LogP contribution < -0.4 is 0 Å². The highest BCUT2D eigenvalue weighted by atomic mass is 79.9. The minimum absolute atomic E-state index is 0.600. The molecule has 1 unspecified atom stereocenters. The topological polar surface area (TPSA) is 0 Å². The maximum absolute atomic E-state index is 13.0. The van der Waals surface area contributed by atoms with Gasteiger partial charge in [-0.3, -0.25) is 0 Å². The molecule has 0 N–H and O–H groups in total. The molecule has 12 heavy (non-hydrogen) atoms. The molecule has 1 aliphatic carbocycles. The molecule has 0 nitrogen and oxygen atoms in total.